The maximum atomic E-state index is 5.75. The van der Waals surface area contributed by atoms with Gasteiger partial charge in [-0.1, -0.05) is 12.1 Å². The summed E-state index contributed by atoms with van der Waals surface area (Å²) in [6.45, 7) is 4.63. The van der Waals surface area contributed by atoms with Crippen LogP contribution >= 0.6 is 0 Å². The number of rotatable bonds is 10. The molecule has 1 rings (SSSR count). The monoisotopic (exact) mass is 267 g/mol. The van der Waals surface area contributed by atoms with Crippen molar-refractivity contribution in [1.29, 1.82) is 0 Å². The lowest BCUT2D eigenvalue weighted by Crippen LogP contribution is -2.17. The minimum atomic E-state index is 0.187. The molecule has 4 nitrogen and oxygen atoms in total. The van der Waals surface area contributed by atoms with Crippen molar-refractivity contribution < 1.29 is 14.2 Å². The fourth-order valence-corrected chi connectivity index (χ4v) is 1.72. The van der Waals surface area contributed by atoms with Crippen LogP contribution in [0, 0.1) is 0 Å². The van der Waals surface area contributed by atoms with Crippen LogP contribution < -0.4 is 10.5 Å². The summed E-state index contributed by atoms with van der Waals surface area (Å²) in [5.41, 5.74) is 6.99. The predicted molar refractivity (Wildman–Crippen MR) is 76.6 cm³/mol. The van der Waals surface area contributed by atoms with Crippen molar-refractivity contribution in [3.8, 4) is 5.75 Å². The van der Waals surface area contributed by atoms with Crippen LogP contribution in [-0.2, 0) is 15.9 Å². The number of hydrogen-bond acceptors (Lipinski definition) is 4. The number of methoxy groups -OCH3 is 1. The highest BCUT2D eigenvalue weighted by molar-refractivity contribution is 5.27. The molecule has 1 atom stereocenters. The van der Waals surface area contributed by atoms with Gasteiger partial charge in [-0.2, -0.15) is 0 Å². The summed E-state index contributed by atoms with van der Waals surface area (Å²) < 4.78 is 15.9. The Balaban J connectivity index is 2.12. The molecule has 1 aromatic carbocycles. The summed E-state index contributed by atoms with van der Waals surface area (Å²) in [4.78, 5) is 0. The highest BCUT2D eigenvalue weighted by atomic mass is 16.5. The van der Waals surface area contributed by atoms with Crippen molar-refractivity contribution in [2.45, 2.75) is 25.8 Å². The molecule has 19 heavy (non-hydrogen) atoms. The maximum absolute atomic E-state index is 5.75. The maximum Gasteiger partial charge on any atom is 0.119 e. The zero-order chi connectivity index (χ0) is 13.9. The molecule has 0 fully saturated rings. The lowest BCUT2D eigenvalue weighted by molar-refractivity contribution is 0.0806. The second-order valence-electron chi connectivity index (χ2n) is 4.63. The molecular weight excluding hydrogens is 242 g/mol. The lowest BCUT2D eigenvalue weighted by Gasteiger charge is -2.09. The third-order valence-corrected chi connectivity index (χ3v) is 2.61. The largest absolute Gasteiger partial charge is 0.491 e. The van der Waals surface area contributed by atoms with Gasteiger partial charge in [-0.3, -0.25) is 0 Å². The molecule has 0 radical (unpaired) electrons. The van der Waals surface area contributed by atoms with Crippen LogP contribution in [0.1, 0.15) is 18.9 Å². The molecule has 0 bridgehead atoms. The van der Waals surface area contributed by atoms with E-state index in [1.54, 1.807) is 7.11 Å². The third-order valence-electron chi connectivity index (χ3n) is 2.61. The fraction of sp³-hybridized carbons (Fsp3) is 0.600. The Bertz CT molecular complexity index is 325. The van der Waals surface area contributed by atoms with Gasteiger partial charge < -0.3 is 19.9 Å². The van der Waals surface area contributed by atoms with Gasteiger partial charge in [-0.25, -0.2) is 0 Å². The normalized spacial score (nSPS) is 12.4. The van der Waals surface area contributed by atoms with Crippen LogP contribution in [0.15, 0.2) is 24.3 Å². The van der Waals surface area contributed by atoms with E-state index in [2.05, 4.69) is 12.1 Å². The standard InChI is InChI=1S/C15H25NO3/c1-13(16)12-14-4-6-15(7-5-14)19-11-10-18-9-3-8-17-2/h4-7,13H,3,8-12,16H2,1-2H3. The Labute approximate surface area is 115 Å². The van der Waals surface area contributed by atoms with Crippen LogP contribution in [0.4, 0.5) is 0 Å². The number of hydrogen-bond donors (Lipinski definition) is 1. The van der Waals surface area contributed by atoms with E-state index in [-0.39, 0.29) is 6.04 Å². The number of nitrogens with two attached hydrogens (primary N) is 1. The average molecular weight is 267 g/mol. The SMILES string of the molecule is COCCCOCCOc1ccc(CC(C)N)cc1. The first-order valence-electron chi connectivity index (χ1n) is 6.76. The molecule has 0 spiro atoms. The first-order valence-corrected chi connectivity index (χ1v) is 6.76. The Morgan fingerprint density at radius 3 is 2.42 bits per heavy atom. The summed E-state index contributed by atoms with van der Waals surface area (Å²) in [5.74, 6) is 0.869. The number of ether oxygens (including phenoxy) is 3. The summed E-state index contributed by atoms with van der Waals surface area (Å²) >= 11 is 0. The quantitative estimate of drug-likeness (QED) is 0.659. The molecule has 0 amide bonds. The van der Waals surface area contributed by atoms with Gasteiger partial charge in [0.25, 0.3) is 0 Å². The molecule has 0 aliphatic rings. The molecule has 108 valence electrons. The van der Waals surface area contributed by atoms with Gasteiger partial charge in [0.1, 0.15) is 12.4 Å². The molecule has 0 heterocycles. The molecule has 1 aromatic rings. The van der Waals surface area contributed by atoms with Crippen molar-refractivity contribution >= 4 is 0 Å². The van der Waals surface area contributed by atoms with Crippen LogP contribution in [0.25, 0.3) is 0 Å². The van der Waals surface area contributed by atoms with Gasteiger partial charge in [-0.15, -0.1) is 0 Å². The zero-order valence-electron chi connectivity index (χ0n) is 11.9. The molecule has 0 aliphatic carbocycles. The topological polar surface area (TPSA) is 53.7 Å². The lowest BCUT2D eigenvalue weighted by atomic mass is 10.1. The summed E-state index contributed by atoms with van der Waals surface area (Å²) in [6, 6.07) is 8.24. The zero-order valence-corrected chi connectivity index (χ0v) is 11.9. The number of benzene rings is 1. The van der Waals surface area contributed by atoms with Gasteiger partial charge in [0, 0.05) is 26.4 Å². The molecule has 4 heteroatoms. The highest BCUT2D eigenvalue weighted by Gasteiger charge is 1.99. The van der Waals surface area contributed by atoms with Crippen molar-refractivity contribution in [1.82, 2.24) is 0 Å². The highest BCUT2D eigenvalue weighted by Crippen LogP contribution is 2.13. The van der Waals surface area contributed by atoms with E-state index in [1.807, 2.05) is 19.1 Å². The Morgan fingerprint density at radius 2 is 1.79 bits per heavy atom. The van der Waals surface area contributed by atoms with Crippen molar-refractivity contribution in [3.63, 3.8) is 0 Å². The minimum absolute atomic E-state index is 0.187. The molecule has 0 saturated carbocycles. The van der Waals surface area contributed by atoms with E-state index < -0.39 is 0 Å². The molecule has 2 N–H and O–H groups in total. The van der Waals surface area contributed by atoms with Crippen LogP contribution in [0.2, 0.25) is 0 Å². The Kier molecular flexibility index (Phi) is 8.21. The second-order valence-corrected chi connectivity index (χ2v) is 4.63. The van der Waals surface area contributed by atoms with Crippen LogP contribution in [-0.4, -0.2) is 39.6 Å². The predicted octanol–water partition coefficient (Wildman–Crippen LogP) is 2.01. The first kappa shape index (κ1) is 16.0. The third kappa shape index (κ3) is 7.82. The van der Waals surface area contributed by atoms with Crippen molar-refractivity contribution in [2.24, 2.45) is 5.73 Å². The average Bonchev–Trinajstić information content (AvgIpc) is 2.39. The molecular formula is C15H25NO3. The molecule has 0 aliphatic heterocycles. The van der Waals surface area contributed by atoms with Crippen molar-refractivity contribution in [2.75, 3.05) is 33.5 Å². The van der Waals surface area contributed by atoms with Gasteiger partial charge in [0.15, 0.2) is 0 Å². The smallest absolute Gasteiger partial charge is 0.119 e. The first-order chi connectivity index (χ1) is 9.22. The molecule has 0 saturated heterocycles. The van der Waals surface area contributed by atoms with Gasteiger partial charge >= 0.3 is 0 Å². The molecule has 0 aromatic heterocycles. The van der Waals surface area contributed by atoms with E-state index in [9.17, 15) is 0 Å². The van der Waals surface area contributed by atoms with Crippen molar-refractivity contribution in [3.05, 3.63) is 29.8 Å². The Morgan fingerprint density at radius 1 is 1.05 bits per heavy atom. The summed E-state index contributed by atoms with van der Waals surface area (Å²) in [5, 5.41) is 0. The van der Waals surface area contributed by atoms with E-state index in [1.165, 1.54) is 5.56 Å². The van der Waals surface area contributed by atoms with Crippen LogP contribution in [0.3, 0.4) is 0 Å². The van der Waals surface area contributed by atoms with E-state index in [0.29, 0.717) is 19.8 Å². The second kappa shape index (κ2) is 9.78. The van der Waals surface area contributed by atoms with Crippen LogP contribution in [0.5, 0.6) is 5.75 Å². The van der Waals surface area contributed by atoms with Gasteiger partial charge in [-0.05, 0) is 37.5 Å². The van der Waals surface area contributed by atoms with E-state index in [4.69, 9.17) is 19.9 Å². The summed E-state index contributed by atoms with van der Waals surface area (Å²) in [7, 11) is 1.69. The fourth-order valence-electron chi connectivity index (χ4n) is 1.72. The Hall–Kier alpha value is -1.10. The minimum Gasteiger partial charge on any atom is -0.491 e. The van der Waals surface area contributed by atoms with Gasteiger partial charge in [0.2, 0.25) is 0 Å². The molecule has 1 unspecified atom stereocenters. The van der Waals surface area contributed by atoms with Gasteiger partial charge in [0.05, 0.1) is 6.61 Å². The van der Waals surface area contributed by atoms with E-state index in [0.717, 1.165) is 25.2 Å². The summed E-state index contributed by atoms with van der Waals surface area (Å²) in [6.07, 6.45) is 1.81. The van der Waals surface area contributed by atoms with E-state index >= 15 is 0 Å².